The van der Waals surface area contributed by atoms with Crippen molar-refractivity contribution in [1.82, 2.24) is 0 Å². The van der Waals surface area contributed by atoms with Gasteiger partial charge < -0.3 is 4.74 Å². The highest BCUT2D eigenvalue weighted by molar-refractivity contribution is 6.35. The molecule has 0 atom stereocenters. The Hall–Kier alpha value is -1.08. The summed E-state index contributed by atoms with van der Waals surface area (Å²) in [6.45, 7) is -0.661. The number of hydrogen-bond acceptors (Lipinski definition) is 2. The maximum Gasteiger partial charge on any atom is 0.465 e. The third kappa shape index (κ3) is 3.96. The van der Waals surface area contributed by atoms with Gasteiger partial charge in [0.2, 0.25) is 0 Å². The molecule has 0 radical (unpaired) electrons. The lowest BCUT2D eigenvalue weighted by molar-refractivity contribution is -0.280. The summed E-state index contributed by atoms with van der Waals surface area (Å²) in [5.74, 6) is -8.17. The van der Waals surface area contributed by atoms with Gasteiger partial charge in [0.15, 0.2) is 0 Å². The summed E-state index contributed by atoms with van der Waals surface area (Å²) in [6, 6.07) is 4.26. The highest BCUT2D eigenvalue weighted by atomic mass is 35.5. The first kappa shape index (κ1) is 17.0. The van der Waals surface area contributed by atoms with Gasteiger partial charge in [-0.25, -0.2) is 4.79 Å². The molecular weight excluding hydrogens is 330 g/mol. The van der Waals surface area contributed by atoms with E-state index in [0.717, 1.165) is 0 Å². The number of carbonyl (C=O) groups excluding carboxylic acids is 1. The molecule has 1 rings (SSSR count). The molecule has 0 heterocycles. The van der Waals surface area contributed by atoms with E-state index in [4.69, 9.17) is 23.2 Å². The second kappa shape index (κ2) is 6.13. The van der Waals surface area contributed by atoms with Crippen molar-refractivity contribution in [1.29, 1.82) is 0 Å². The van der Waals surface area contributed by atoms with Crippen LogP contribution in [0.25, 0.3) is 0 Å². The third-order valence-electron chi connectivity index (χ3n) is 2.23. The Kier molecular flexibility index (Phi) is 5.21. The number of halogens is 7. The fourth-order valence-corrected chi connectivity index (χ4v) is 1.69. The van der Waals surface area contributed by atoms with Crippen molar-refractivity contribution in [3.05, 3.63) is 33.8 Å². The Balaban J connectivity index is 2.59. The van der Waals surface area contributed by atoms with Gasteiger partial charge >= 0.3 is 18.1 Å². The summed E-state index contributed by atoms with van der Waals surface area (Å²) >= 11 is 11.4. The summed E-state index contributed by atoms with van der Waals surface area (Å²) in [6.07, 6.45) is -6.10. The molecule has 0 spiro atoms. The quantitative estimate of drug-likeness (QED) is 0.606. The predicted octanol–water partition coefficient (Wildman–Crippen LogP) is 4.28. The van der Waals surface area contributed by atoms with E-state index in [0.29, 0.717) is 10.6 Å². The van der Waals surface area contributed by atoms with E-state index in [1.165, 1.54) is 18.2 Å². The molecule has 20 heavy (non-hydrogen) atoms. The van der Waals surface area contributed by atoms with E-state index in [2.05, 4.69) is 4.74 Å². The molecule has 0 aromatic heterocycles. The second-order valence-electron chi connectivity index (χ2n) is 3.69. The van der Waals surface area contributed by atoms with Crippen LogP contribution < -0.4 is 0 Å². The maximum atomic E-state index is 12.5. The van der Waals surface area contributed by atoms with Crippen LogP contribution in [0.1, 0.15) is 5.56 Å². The molecule has 2 nitrogen and oxygen atoms in total. The number of benzene rings is 1. The van der Waals surface area contributed by atoms with Crippen molar-refractivity contribution in [2.45, 2.75) is 18.5 Å². The van der Waals surface area contributed by atoms with Crippen LogP contribution in [0.2, 0.25) is 10.0 Å². The van der Waals surface area contributed by atoms with Gasteiger partial charge in [-0.2, -0.15) is 22.0 Å². The van der Waals surface area contributed by atoms with E-state index in [1.807, 2.05) is 0 Å². The van der Waals surface area contributed by atoms with Crippen LogP contribution in [0.5, 0.6) is 0 Å². The molecule has 112 valence electrons. The van der Waals surface area contributed by atoms with Crippen LogP contribution in [0.15, 0.2) is 18.2 Å². The molecule has 0 aliphatic carbocycles. The monoisotopic (exact) mass is 336 g/mol. The normalized spacial score (nSPS) is 12.3. The van der Waals surface area contributed by atoms with E-state index in [1.54, 1.807) is 0 Å². The molecule has 0 aliphatic heterocycles. The first-order valence-corrected chi connectivity index (χ1v) is 5.87. The van der Waals surface area contributed by atoms with E-state index in [9.17, 15) is 26.7 Å². The topological polar surface area (TPSA) is 26.3 Å². The van der Waals surface area contributed by atoms with Gasteiger partial charge in [-0.15, -0.1) is 0 Å². The summed E-state index contributed by atoms with van der Waals surface area (Å²) in [7, 11) is 0. The highest BCUT2D eigenvalue weighted by Gasteiger charge is 2.64. The van der Waals surface area contributed by atoms with Gasteiger partial charge in [0.05, 0.1) is 6.61 Å². The van der Waals surface area contributed by atoms with Gasteiger partial charge in [-0.3, -0.25) is 0 Å². The number of hydrogen-bond donors (Lipinski definition) is 0. The van der Waals surface area contributed by atoms with Crippen molar-refractivity contribution in [2.24, 2.45) is 0 Å². The van der Waals surface area contributed by atoms with Crippen molar-refractivity contribution in [3.63, 3.8) is 0 Å². The van der Waals surface area contributed by atoms with Crippen LogP contribution in [-0.2, 0) is 16.0 Å². The van der Waals surface area contributed by atoms with Crippen LogP contribution in [-0.4, -0.2) is 24.7 Å². The minimum absolute atomic E-state index is 0.115. The molecular formula is C11H7Cl2F5O2. The maximum absolute atomic E-state index is 12.5. The molecule has 9 heteroatoms. The number of ether oxygens (including phenoxy) is 1. The lowest BCUT2D eigenvalue weighted by Crippen LogP contribution is -2.45. The summed E-state index contributed by atoms with van der Waals surface area (Å²) in [5, 5.41) is 0.524. The summed E-state index contributed by atoms with van der Waals surface area (Å²) in [5.41, 5.74) is 0.402. The Labute approximate surface area is 120 Å². The van der Waals surface area contributed by atoms with Crippen molar-refractivity contribution in [3.8, 4) is 0 Å². The van der Waals surface area contributed by atoms with Crippen LogP contribution >= 0.6 is 23.2 Å². The standard InChI is InChI=1S/C11H7Cl2F5O2/c12-7-2-1-6(8(13)5-7)3-4-20-9(19)10(14,15)11(16,17)18/h1-2,5H,3-4H2. The van der Waals surface area contributed by atoms with Gasteiger partial charge in [-0.05, 0) is 17.7 Å². The van der Waals surface area contributed by atoms with Crippen molar-refractivity contribution < 1.29 is 31.5 Å². The lowest BCUT2D eigenvalue weighted by atomic mass is 10.1. The number of carbonyl (C=O) groups is 1. The first-order valence-electron chi connectivity index (χ1n) is 5.11. The molecule has 0 unspecified atom stereocenters. The lowest BCUT2D eigenvalue weighted by Gasteiger charge is -2.17. The van der Waals surface area contributed by atoms with Gasteiger partial charge in [0.25, 0.3) is 0 Å². The SMILES string of the molecule is O=C(OCCc1ccc(Cl)cc1Cl)C(F)(F)C(F)(F)F. The predicted molar refractivity (Wildman–Crippen MR) is 62.1 cm³/mol. The van der Waals surface area contributed by atoms with Crippen molar-refractivity contribution in [2.75, 3.05) is 6.61 Å². The second-order valence-corrected chi connectivity index (χ2v) is 4.54. The summed E-state index contributed by atoms with van der Waals surface area (Å²) in [4.78, 5) is 10.7. The van der Waals surface area contributed by atoms with Crippen LogP contribution in [0.3, 0.4) is 0 Å². The summed E-state index contributed by atoms with van der Waals surface area (Å²) < 4.78 is 64.6. The first-order chi connectivity index (χ1) is 9.05. The molecule has 0 N–H and O–H groups in total. The molecule has 0 amide bonds. The fraction of sp³-hybridized carbons (Fsp3) is 0.364. The minimum Gasteiger partial charge on any atom is -0.461 e. The van der Waals surface area contributed by atoms with E-state index < -0.39 is 24.7 Å². The Morgan fingerprint density at radius 3 is 2.25 bits per heavy atom. The fourth-order valence-electron chi connectivity index (χ4n) is 1.18. The zero-order valence-electron chi connectivity index (χ0n) is 9.61. The van der Waals surface area contributed by atoms with Gasteiger partial charge in [0.1, 0.15) is 0 Å². The van der Waals surface area contributed by atoms with Crippen LogP contribution in [0, 0.1) is 0 Å². The Morgan fingerprint density at radius 2 is 1.75 bits per heavy atom. The van der Waals surface area contributed by atoms with Gasteiger partial charge in [0, 0.05) is 16.5 Å². The molecule has 0 aliphatic rings. The Bertz CT molecular complexity index is 502. The van der Waals surface area contributed by atoms with E-state index in [-0.39, 0.29) is 11.4 Å². The molecule has 0 fully saturated rings. The largest absolute Gasteiger partial charge is 0.465 e. The average molecular weight is 337 g/mol. The molecule has 0 saturated heterocycles. The highest BCUT2D eigenvalue weighted by Crippen LogP contribution is 2.36. The zero-order chi connectivity index (χ0) is 15.6. The molecule has 0 bridgehead atoms. The van der Waals surface area contributed by atoms with Crippen molar-refractivity contribution >= 4 is 29.2 Å². The van der Waals surface area contributed by atoms with Crippen LogP contribution in [0.4, 0.5) is 22.0 Å². The Morgan fingerprint density at radius 1 is 1.15 bits per heavy atom. The molecule has 0 saturated carbocycles. The molecule has 1 aromatic rings. The number of rotatable bonds is 4. The minimum atomic E-state index is -5.98. The molecule has 1 aromatic carbocycles. The third-order valence-corrected chi connectivity index (χ3v) is 2.82. The average Bonchev–Trinajstić information content (AvgIpc) is 2.30. The van der Waals surface area contributed by atoms with E-state index >= 15 is 0 Å². The number of alkyl halides is 5. The van der Waals surface area contributed by atoms with Gasteiger partial charge in [-0.1, -0.05) is 29.3 Å². The zero-order valence-corrected chi connectivity index (χ0v) is 11.1. The number of esters is 1. The smallest absolute Gasteiger partial charge is 0.461 e.